The zero-order valence-corrected chi connectivity index (χ0v) is 7.29. The lowest BCUT2D eigenvalue weighted by Crippen LogP contribution is -2.35. The molecule has 1 aliphatic heterocycles. The first-order chi connectivity index (χ1) is 5.93. The first-order valence-corrected chi connectivity index (χ1v) is 4.48. The highest BCUT2D eigenvalue weighted by molar-refractivity contribution is 4.55. The topological polar surface area (TPSA) is 50.7 Å². The van der Waals surface area contributed by atoms with Crippen LogP contribution in [0.15, 0.2) is 0 Å². The average Bonchev–Trinajstić information content (AvgIpc) is 2.14. The molecule has 0 spiro atoms. The van der Waals surface area contributed by atoms with E-state index in [1.54, 1.807) is 0 Å². The number of aliphatic hydroxyl groups is 1. The molecule has 4 heteroatoms. The van der Waals surface area contributed by atoms with Gasteiger partial charge < -0.3 is 19.9 Å². The van der Waals surface area contributed by atoms with Gasteiger partial charge in [-0.25, -0.2) is 0 Å². The molecule has 0 unspecified atom stereocenters. The van der Waals surface area contributed by atoms with Gasteiger partial charge in [0.15, 0.2) is 6.29 Å². The molecule has 0 aromatic heterocycles. The summed E-state index contributed by atoms with van der Waals surface area (Å²) in [5, 5.41) is 11.6. The van der Waals surface area contributed by atoms with Crippen molar-refractivity contribution in [3.8, 4) is 0 Å². The Balaban J connectivity index is 1.91. The molecule has 0 aromatic rings. The van der Waals surface area contributed by atoms with Crippen LogP contribution in [-0.4, -0.2) is 44.3 Å². The highest BCUT2D eigenvalue weighted by Crippen LogP contribution is 2.02. The van der Waals surface area contributed by atoms with Crippen molar-refractivity contribution in [1.82, 2.24) is 5.32 Å². The van der Waals surface area contributed by atoms with Gasteiger partial charge in [-0.1, -0.05) is 0 Å². The van der Waals surface area contributed by atoms with Gasteiger partial charge >= 0.3 is 0 Å². The normalized spacial score (nSPS) is 19.8. The van der Waals surface area contributed by atoms with Crippen LogP contribution >= 0.6 is 0 Å². The molecule has 1 aliphatic rings. The molecule has 1 heterocycles. The standard InChI is InChI=1S/C8H17NO3/c10-4-1-3-9-7-8-11-5-2-6-12-8/h8-10H,1-7H2. The fourth-order valence-corrected chi connectivity index (χ4v) is 1.08. The second kappa shape index (κ2) is 6.37. The number of aliphatic hydroxyl groups excluding tert-OH is 1. The minimum atomic E-state index is -0.0857. The summed E-state index contributed by atoms with van der Waals surface area (Å²) in [6, 6.07) is 0. The number of nitrogens with one attached hydrogen (secondary N) is 1. The van der Waals surface area contributed by atoms with Crippen LogP contribution in [0.4, 0.5) is 0 Å². The number of rotatable bonds is 5. The lowest BCUT2D eigenvalue weighted by molar-refractivity contribution is -0.175. The lowest BCUT2D eigenvalue weighted by Gasteiger charge is -2.23. The van der Waals surface area contributed by atoms with Gasteiger partial charge in [0.1, 0.15) is 0 Å². The van der Waals surface area contributed by atoms with E-state index in [2.05, 4.69) is 5.32 Å². The van der Waals surface area contributed by atoms with Gasteiger partial charge in [0.2, 0.25) is 0 Å². The maximum Gasteiger partial charge on any atom is 0.169 e. The van der Waals surface area contributed by atoms with Gasteiger partial charge in [-0.15, -0.1) is 0 Å². The fraction of sp³-hybridized carbons (Fsp3) is 1.00. The van der Waals surface area contributed by atoms with Crippen molar-refractivity contribution in [2.75, 3.05) is 32.9 Å². The Hall–Kier alpha value is -0.160. The Kier molecular flexibility index (Phi) is 5.27. The molecule has 1 rings (SSSR count). The minimum absolute atomic E-state index is 0.0857. The van der Waals surface area contributed by atoms with Crippen LogP contribution in [0, 0.1) is 0 Å². The Labute approximate surface area is 72.9 Å². The molecule has 0 saturated carbocycles. The predicted octanol–water partition coefficient (Wildman–Crippen LogP) is -0.279. The van der Waals surface area contributed by atoms with Crippen molar-refractivity contribution in [3.63, 3.8) is 0 Å². The second-order valence-corrected chi connectivity index (χ2v) is 2.81. The zero-order chi connectivity index (χ0) is 8.65. The molecule has 0 amide bonds. The molecule has 0 aromatic carbocycles. The third-order valence-electron chi connectivity index (χ3n) is 1.72. The van der Waals surface area contributed by atoms with Crippen LogP contribution in [0.1, 0.15) is 12.8 Å². The molecule has 0 bridgehead atoms. The summed E-state index contributed by atoms with van der Waals surface area (Å²) in [6.45, 7) is 3.37. The van der Waals surface area contributed by atoms with Gasteiger partial charge in [0.05, 0.1) is 13.2 Å². The van der Waals surface area contributed by atoms with Gasteiger partial charge in [-0.2, -0.15) is 0 Å². The second-order valence-electron chi connectivity index (χ2n) is 2.81. The van der Waals surface area contributed by atoms with E-state index < -0.39 is 0 Å². The molecule has 4 nitrogen and oxygen atoms in total. The number of hydrogen-bond acceptors (Lipinski definition) is 4. The monoisotopic (exact) mass is 175 g/mol. The summed E-state index contributed by atoms with van der Waals surface area (Å²) in [5.74, 6) is 0. The van der Waals surface area contributed by atoms with E-state index in [1.165, 1.54) is 0 Å². The Morgan fingerprint density at radius 3 is 2.75 bits per heavy atom. The zero-order valence-electron chi connectivity index (χ0n) is 7.29. The van der Waals surface area contributed by atoms with E-state index in [0.29, 0.717) is 0 Å². The molecule has 0 radical (unpaired) electrons. The van der Waals surface area contributed by atoms with Crippen molar-refractivity contribution in [1.29, 1.82) is 0 Å². The van der Waals surface area contributed by atoms with E-state index in [-0.39, 0.29) is 12.9 Å². The van der Waals surface area contributed by atoms with E-state index in [1.807, 2.05) is 0 Å². The quantitative estimate of drug-likeness (QED) is 0.564. The predicted molar refractivity (Wildman–Crippen MR) is 44.9 cm³/mol. The van der Waals surface area contributed by atoms with E-state index in [9.17, 15) is 0 Å². The third-order valence-corrected chi connectivity index (χ3v) is 1.72. The molecule has 0 atom stereocenters. The summed E-state index contributed by atoms with van der Waals surface area (Å²) in [4.78, 5) is 0. The summed E-state index contributed by atoms with van der Waals surface area (Å²) in [6.07, 6.45) is 1.69. The first kappa shape index (κ1) is 9.92. The highest BCUT2D eigenvalue weighted by atomic mass is 16.7. The third kappa shape index (κ3) is 4.01. The summed E-state index contributed by atoms with van der Waals surface area (Å²) in [5.41, 5.74) is 0. The molecule has 72 valence electrons. The fourth-order valence-electron chi connectivity index (χ4n) is 1.08. The molecule has 1 saturated heterocycles. The Morgan fingerprint density at radius 1 is 1.33 bits per heavy atom. The number of hydrogen-bond donors (Lipinski definition) is 2. The maximum atomic E-state index is 8.50. The summed E-state index contributed by atoms with van der Waals surface area (Å²) in [7, 11) is 0. The van der Waals surface area contributed by atoms with Crippen molar-refractivity contribution < 1.29 is 14.6 Å². The smallest absolute Gasteiger partial charge is 0.169 e. The van der Waals surface area contributed by atoms with Crippen LogP contribution in [0.2, 0.25) is 0 Å². The van der Waals surface area contributed by atoms with Crippen molar-refractivity contribution >= 4 is 0 Å². The largest absolute Gasteiger partial charge is 0.396 e. The van der Waals surface area contributed by atoms with Gasteiger partial charge in [-0.3, -0.25) is 0 Å². The van der Waals surface area contributed by atoms with Crippen molar-refractivity contribution in [2.45, 2.75) is 19.1 Å². The lowest BCUT2D eigenvalue weighted by atomic mass is 10.4. The number of ether oxygens (including phenoxy) is 2. The van der Waals surface area contributed by atoms with Gasteiger partial charge in [-0.05, 0) is 19.4 Å². The van der Waals surface area contributed by atoms with Crippen LogP contribution in [0.3, 0.4) is 0 Å². The minimum Gasteiger partial charge on any atom is -0.396 e. The Bertz CT molecular complexity index is 104. The highest BCUT2D eigenvalue weighted by Gasteiger charge is 2.12. The van der Waals surface area contributed by atoms with E-state index in [0.717, 1.165) is 39.1 Å². The van der Waals surface area contributed by atoms with Crippen LogP contribution in [-0.2, 0) is 9.47 Å². The summed E-state index contributed by atoms with van der Waals surface area (Å²) < 4.78 is 10.6. The Morgan fingerprint density at radius 2 is 2.08 bits per heavy atom. The maximum absolute atomic E-state index is 8.50. The molecular formula is C8H17NO3. The molecule has 1 fully saturated rings. The van der Waals surface area contributed by atoms with Gasteiger partial charge in [0, 0.05) is 13.2 Å². The molecule has 12 heavy (non-hydrogen) atoms. The van der Waals surface area contributed by atoms with Crippen LogP contribution in [0.5, 0.6) is 0 Å². The molecule has 2 N–H and O–H groups in total. The van der Waals surface area contributed by atoms with Crippen molar-refractivity contribution in [2.24, 2.45) is 0 Å². The van der Waals surface area contributed by atoms with E-state index in [4.69, 9.17) is 14.6 Å². The first-order valence-electron chi connectivity index (χ1n) is 4.48. The van der Waals surface area contributed by atoms with E-state index >= 15 is 0 Å². The van der Waals surface area contributed by atoms with Crippen LogP contribution < -0.4 is 5.32 Å². The summed E-state index contributed by atoms with van der Waals surface area (Å²) >= 11 is 0. The van der Waals surface area contributed by atoms with Crippen LogP contribution in [0.25, 0.3) is 0 Å². The SMILES string of the molecule is OCCCNCC1OCCCO1. The van der Waals surface area contributed by atoms with Crippen molar-refractivity contribution in [3.05, 3.63) is 0 Å². The van der Waals surface area contributed by atoms with Gasteiger partial charge in [0.25, 0.3) is 0 Å². The molecule has 0 aliphatic carbocycles. The average molecular weight is 175 g/mol. The molecular weight excluding hydrogens is 158 g/mol.